The van der Waals surface area contributed by atoms with E-state index >= 15 is 0 Å². The Morgan fingerprint density at radius 3 is 2.69 bits per heavy atom. The fourth-order valence-electron chi connectivity index (χ4n) is 2.00. The van der Waals surface area contributed by atoms with Crippen LogP contribution in [0.3, 0.4) is 0 Å². The molecule has 1 N–H and O–H groups in total. The summed E-state index contributed by atoms with van der Waals surface area (Å²) >= 11 is 6.47. The Kier molecular flexibility index (Phi) is 3.28. The van der Waals surface area contributed by atoms with Gasteiger partial charge in [0.15, 0.2) is 0 Å². The van der Waals surface area contributed by atoms with Crippen molar-refractivity contribution in [2.45, 2.75) is 11.4 Å². The average Bonchev–Trinajstić information content (AvgIpc) is 2.31. The van der Waals surface area contributed by atoms with Crippen LogP contribution in [0.2, 0.25) is 0 Å². The normalized spacial score (nSPS) is 31.2. The lowest BCUT2D eigenvalue weighted by Gasteiger charge is -2.39. The van der Waals surface area contributed by atoms with Gasteiger partial charge in [0.25, 0.3) is 5.70 Å². The number of alkyl halides is 1. The Balaban J connectivity index is 2.06. The van der Waals surface area contributed by atoms with Crippen LogP contribution in [0.15, 0.2) is 23.9 Å². The predicted octanol–water partition coefficient (Wildman–Crippen LogP) is 0.947. The van der Waals surface area contributed by atoms with Gasteiger partial charge < -0.3 is 5.32 Å². The first-order chi connectivity index (χ1) is 7.62. The molecule has 2 rings (SSSR count). The Morgan fingerprint density at radius 2 is 2.19 bits per heavy atom. The van der Waals surface area contributed by atoms with Crippen molar-refractivity contribution in [2.24, 2.45) is 0 Å². The summed E-state index contributed by atoms with van der Waals surface area (Å²) in [5.74, 6) is 0. The van der Waals surface area contributed by atoms with Gasteiger partial charge in [-0.1, -0.05) is 11.6 Å². The molecular formula is C10H14ClN3O2. The molecule has 1 heterocycles. The zero-order valence-corrected chi connectivity index (χ0v) is 9.61. The largest absolute Gasteiger partial charge is 0.314 e. The summed E-state index contributed by atoms with van der Waals surface area (Å²) in [4.78, 5) is 11.7. The monoisotopic (exact) mass is 243 g/mol. The first-order valence-corrected chi connectivity index (χ1v) is 5.68. The van der Waals surface area contributed by atoms with E-state index in [0.717, 1.165) is 26.2 Å². The summed E-state index contributed by atoms with van der Waals surface area (Å²) < 4.78 is 0. The quantitative estimate of drug-likeness (QED) is 0.340. The summed E-state index contributed by atoms with van der Waals surface area (Å²) in [7, 11) is 0. The van der Waals surface area contributed by atoms with Crippen LogP contribution in [-0.2, 0) is 0 Å². The molecule has 1 atom stereocenters. The van der Waals surface area contributed by atoms with Gasteiger partial charge in [-0.25, -0.2) is 0 Å². The van der Waals surface area contributed by atoms with Crippen molar-refractivity contribution in [3.8, 4) is 0 Å². The molecule has 1 aliphatic carbocycles. The lowest BCUT2D eigenvalue weighted by molar-refractivity contribution is -0.419. The smallest absolute Gasteiger partial charge is 0.265 e. The molecule has 6 heteroatoms. The molecule has 0 bridgehead atoms. The molecule has 0 aromatic heterocycles. The Labute approximate surface area is 98.9 Å². The van der Waals surface area contributed by atoms with Gasteiger partial charge in [-0.2, -0.15) is 0 Å². The maximum absolute atomic E-state index is 10.6. The molecule has 0 aromatic rings. The molecule has 0 spiro atoms. The summed E-state index contributed by atoms with van der Waals surface area (Å²) in [6.07, 6.45) is 5.31. The van der Waals surface area contributed by atoms with E-state index in [1.165, 1.54) is 6.08 Å². The molecular weight excluding hydrogens is 230 g/mol. The maximum atomic E-state index is 10.6. The molecule has 0 radical (unpaired) electrons. The number of nitro groups is 1. The first kappa shape index (κ1) is 11.6. The Hall–Kier alpha value is -0.910. The fourth-order valence-corrected chi connectivity index (χ4v) is 2.31. The van der Waals surface area contributed by atoms with Crippen molar-refractivity contribution >= 4 is 11.6 Å². The number of rotatable bonds is 2. The molecule has 16 heavy (non-hydrogen) atoms. The lowest BCUT2D eigenvalue weighted by Crippen LogP contribution is -2.52. The second-order valence-electron chi connectivity index (χ2n) is 3.98. The van der Waals surface area contributed by atoms with Crippen LogP contribution in [-0.4, -0.2) is 41.0 Å². The fraction of sp³-hybridized carbons (Fsp3) is 0.600. The van der Waals surface area contributed by atoms with Crippen LogP contribution in [0.25, 0.3) is 0 Å². The Bertz CT molecular complexity index is 350. The minimum Gasteiger partial charge on any atom is -0.314 e. The van der Waals surface area contributed by atoms with Gasteiger partial charge in [0.05, 0.1) is 4.92 Å². The van der Waals surface area contributed by atoms with Gasteiger partial charge in [-0.15, -0.1) is 0 Å². The number of hydrogen-bond acceptors (Lipinski definition) is 4. The summed E-state index contributed by atoms with van der Waals surface area (Å²) in [5, 5.41) is 13.8. The van der Waals surface area contributed by atoms with E-state index in [1.54, 1.807) is 12.2 Å². The van der Waals surface area contributed by atoms with Crippen LogP contribution in [0.1, 0.15) is 6.42 Å². The van der Waals surface area contributed by atoms with Crippen molar-refractivity contribution in [3.05, 3.63) is 34.0 Å². The van der Waals surface area contributed by atoms with Crippen molar-refractivity contribution in [3.63, 3.8) is 0 Å². The first-order valence-electron chi connectivity index (χ1n) is 5.30. The average molecular weight is 244 g/mol. The van der Waals surface area contributed by atoms with E-state index in [4.69, 9.17) is 11.6 Å². The molecule has 5 nitrogen and oxygen atoms in total. The predicted molar refractivity (Wildman–Crippen MR) is 61.9 cm³/mol. The number of nitrogens with one attached hydrogen (secondary N) is 1. The molecule has 0 aromatic carbocycles. The third kappa shape index (κ3) is 2.26. The molecule has 0 saturated carbocycles. The number of piperazine rings is 1. The van der Waals surface area contributed by atoms with E-state index in [9.17, 15) is 10.1 Å². The van der Waals surface area contributed by atoms with Crippen molar-refractivity contribution in [1.82, 2.24) is 10.2 Å². The summed E-state index contributed by atoms with van der Waals surface area (Å²) in [6, 6.07) is 0. The van der Waals surface area contributed by atoms with Gasteiger partial charge in [0.2, 0.25) is 0 Å². The molecule has 1 aliphatic heterocycles. The number of hydrogen-bond donors (Lipinski definition) is 1. The molecule has 0 amide bonds. The molecule has 88 valence electrons. The van der Waals surface area contributed by atoms with Crippen LogP contribution >= 0.6 is 11.6 Å². The number of nitrogens with zero attached hydrogens (tertiary/aromatic N) is 2. The molecule has 2 aliphatic rings. The van der Waals surface area contributed by atoms with Crippen LogP contribution in [0.4, 0.5) is 0 Å². The molecule has 1 fully saturated rings. The summed E-state index contributed by atoms with van der Waals surface area (Å²) in [6.45, 7) is 3.56. The van der Waals surface area contributed by atoms with Gasteiger partial charge in [0.1, 0.15) is 5.00 Å². The van der Waals surface area contributed by atoms with Gasteiger partial charge in [-0.05, 0) is 12.2 Å². The zero-order valence-electron chi connectivity index (χ0n) is 8.86. The lowest BCUT2D eigenvalue weighted by atomic mass is 10.0. The summed E-state index contributed by atoms with van der Waals surface area (Å²) in [5.41, 5.74) is 0.131. The number of allylic oxidation sites excluding steroid dienone is 1. The topological polar surface area (TPSA) is 58.4 Å². The highest BCUT2D eigenvalue weighted by Gasteiger charge is 2.35. The highest BCUT2D eigenvalue weighted by molar-refractivity contribution is 6.25. The van der Waals surface area contributed by atoms with E-state index in [-0.39, 0.29) is 10.6 Å². The van der Waals surface area contributed by atoms with E-state index in [2.05, 4.69) is 10.2 Å². The minimum atomic E-state index is -0.582. The molecule has 1 unspecified atom stereocenters. The SMILES string of the molecule is O=[N+]([O-])C1=CCC(Cl)(N2CCNCC2)C=C1. The van der Waals surface area contributed by atoms with E-state index in [1.807, 2.05) is 0 Å². The van der Waals surface area contributed by atoms with Gasteiger partial charge >= 0.3 is 0 Å². The van der Waals surface area contributed by atoms with Crippen molar-refractivity contribution in [1.29, 1.82) is 0 Å². The minimum absolute atomic E-state index is 0.131. The van der Waals surface area contributed by atoms with E-state index in [0.29, 0.717) is 6.42 Å². The van der Waals surface area contributed by atoms with Crippen molar-refractivity contribution in [2.75, 3.05) is 26.2 Å². The Morgan fingerprint density at radius 1 is 1.50 bits per heavy atom. The van der Waals surface area contributed by atoms with Gasteiger partial charge in [0, 0.05) is 38.7 Å². The highest BCUT2D eigenvalue weighted by atomic mass is 35.5. The maximum Gasteiger partial charge on any atom is 0.265 e. The standard InChI is InChI=1S/C10H14ClN3O2/c11-10(13-7-5-12-6-8-13)3-1-9(2-4-10)14(15)16/h1-3,12H,4-8H2. The number of halogens is 1. The third-order valence-electron chi connectivity index (χ3n) is 2.96. The van der Waals surface area contributed by atoms with Gasteiger partial charge in [-0.3, -0.25) is 15.0 Å². The highest BCUT2D eigenvalue weighted by Crippen LogP contribution is 2.31. The van der Waals surface area contributed by atoms with Crippen LogP contribution < -0.4 is 5.32 Å². The zero-order chi connectivity index (χ0) is 11.6. The second kappa shape index (κ2) is 4.53. The van der Waals surface area contributed by atoms with E-state index < -0.39 is 5.00 Å². The van der Waals surface area contributed by atoms with Crippen LogP contribution in [0.5, 0.6) is 0 Å². The van der Waals surface area contributed by atoms with Crippen LogP contribution in [0, 0.1) is 10.1 Å². The second-order valence-corrected chi connectivity index (χ2v) is 4.63. The van der Waals surface area contributed by atoms with Crippen molar-refractivity contribution < 1.29 is 4.92 Å². The molecule has 1 saturated heterocycles. The third-order valence-corrected chi connectivity index (χ3v) is 3.48.